The van der Waals surface area contributed by atoms with Crippen LogP contribution in [-0.2, 0) is 6.18 Å². The Morgan fingerprint density at radius 2 is 1.97 bits per heavy atom. The number of benzene rings is 1. The van der Waals surface area contributed by atoms with Gasteiger partial charge in [0.05, 0.1) is 29.6 Å². The molecule has 32 heavy (non-hydrogen) atoms. The molecular formula is C20H18ClF4N5O2. The maximum atomic E-state index is 14.5. The second-order valence-electron chi connectivity index (χ2n) is 6.71. The van der Waals surface area contributed by atoms with Crippen LogP contribution < -0.4 is 4.74 Å². The standard InChI is InChI=1S/C20H18ClF4N5O2/c1-3-29(12(2)11-32-18-15(21)9-13(10-26-18)20(23,24)25)19(31)14-5-4-6-16(22)17(14)30-27-7-8-28-30/h4-10,12H,3,11H2,1-2H3/t12-/m0/s1. The normalized spacial score (nSPS) is 12.5. The Morgan fingerprint density at radius 1 is 1.28 bits per heavy atom. The van der Waals surface area contributed by atoms with Crippen molar-refractivity contribution in [3.63, 3.8) is 0 Å². The van der Waals surface area contributed by atoms with Gasteiger partial charge in [-0.1, -0.05) is 17.7 Å². The first-order valence-corrected chi connectivity index (χ1v) is 9.83. The number of ether oxygens (including phenoxy) is 1. The van der Waals surface area contributed by atoms with E-state index >= 15 is 0 Å². The number of carbonyl (C=O) groups is 1. The third-order valence-corrected chi connectivity index (χ3v) is 4.84. The molecule has 0 aliphatic carbocycles. The number of halogens is 5. The third kappa shape index (κ3) is 4.98. The Kier molecular flexibility index (Phi) is 6.97. The smallest absolute Gasteiger partial charge is 0.417 e. The summed E-state index contributed by atoms with van der Waals surface area (Å²) in [4.78, 5) is 19.2. The van der Waals surface area contributed by atoms with Crippen molar-refractivity contribution in [1.82, 2.24) is 24.9 Å². The Bertz CT molecular complexity index is 1090. The van der Waals surface area contributed by atoms with Gasteiger partial charge < -0.3 is 9.64 Å². The summed E-state index contributed by atoms with van der Waals surface area (Å²) in [5, 5.41) is 7.49. The van der Waals surface area contributed by atoms with Gasteiger partial charge >= 0.3 is 6.18 Å². The minimum Gasteiger partial charge on any atom is -0.474 e. The monoisotopic (exact) mass is 471 g/mol. The van der Waals surface area contributed by atoms with Crippen molar-refractivity contribution in [2.45, 2.75) is 26.1 Å². The molecule has 0 aliphatic heterocycles. The van der Waals surface area contributed by atoms with E-state index in [1.165, 1.54) is 35.5 Å². The lowest BCUT2D eigenvalue weighted by Gasteiger charge is -2.28. The summed E-state index contributed by atoms with van der Waals surface area (Å²) in [5.41, 5.74) is -1.05. The molecule has 0 bridgehead atoms. The molecule has 1 atom stereocenters. The zero-order valence-corrected chi connectivity index (χ0v) is 17.7. The fourth-order valence-electron chi connectivity index (χ4n) is 3.01. The lowest BCUT2D eigenvalue weighted by atomic mass is 10.1. The maximum Gasteiger partial charge on any atom is 0.417 e. The maximum absolute atomic E-state index is 14.5. The van der Waals surface area contributed by atoms with Crippen molar-refractivity contribution < 1.29 is 27.1 Å². The summed E-state index contributed by atoms with van der Waals surface area (Å²) in [6.45, 7) is 3.54. The predicted molar refractivity (Wildman–Crippen MR) is 107 cm³/mol. The number of aromatic nitrogens is 4. The Labute approximate surface area is 185 Å². The highest BCUT2D eigenvalue weighted by Gasteiger charge is 2.32. The van der Waals surface area contributed by atoms with Crippen molar-refractivity contribution in [3.05, 3.63) is 64.8 Å². The van der Waals surface area contributed by atoms with E-state index in [9.17, 15) is 22.4 Å². The molecule has 2 aromatic heterocycles. The third-order valence-electron chi connectivity index (χ3n) is 4.57. The molecule has 3 aromatic rings. The van der Waals surface area contributed by atoms with Gasteiger partial charge in [-0.3, -0.25) is 4.79 Å². The van der Waals surface area contributed by atoms with Crippen molar-refractivity contribution in [3.8, 4) is 11.6 Å². The molecule has 0 saturated carbocycles. The number of likely N-dealkylation sites (N-methyl/N-ethyl adjacent to an activating group) is 1. The van der Waals surface area contributed by atoms with E-state index in [1.54, 1.807) is 13.8 Å². The molecule has 0 spiro atoms. The molecule has 0 aliphatic rings. The number of alkyl halides is 3. The van der Waals surface area contributed by atoms with Gasteiger partial charge in [0.1, 0.15) is 17.3 Å². The molecular weight excluding hydrogens is 454 g/mol. The summed E-state index contributed by atoms with van der Waals surface area (Å²) in [7, 11) is 0. The molecule has 1 aromatic carbocycles. The van der Waals surface area contributed by atoms with Crippen LogP contribution in [0.2, 0.25) is 5.02 Å². The quantitative estimate of drug-likeness (QED) is 0.477. The van der Waals surface area contributed by atoms with Gasteiger partial charge in [0, 0.05) is 12.7 Å². The molecule has 3 rings (SSSR count). The Hall–Kier alpha value is -3.21. The van der Waals surface area contributed by atoms with Crippen molar-refractivity contribution in [1.29, 1.82) is 0 Å². The van der Waals surface area contributed by atoms with Gasteiger partial charge in [-0.25, -0.2) is 9.37 Å². The van der Waals surface area contributed by atoms with Gasteiger partial charge in [-0.2, -0.15) is 23.4 Å². The van der Waals surface area contributed by atoms with Crippen molar-refractivity contribution in [2.24, 2.45) is 0 Å². The summed E-state index contributed by atoms with van der Waals surface area (Å²) in [6.07, 6.45) is -1.25. The summed E-state index contributed by atoms with van der Waals surface area (Å²) in [5.74, 6) is -1.36. The zero-order valence-electron chi connectivity index (χ0n) is 17.0. The van der Waals surface area contributed by atoms with Crippen LogP contribution in [-0.4, -0.2) is 50.0 Å². The van der Waals surface area contributed by atoms with Gasteiger partial charge in [0.2, 0.25) is 5.88 Å². The van der Waals surface area contributed by atoms with Crippen LogP contribution in [0.4, 0.5) is 17.6 Å². The molecule has 1 amide bonds. The van der Waals surface area contributed by atoms with Crippen LogP contribution in [0, 0.1) is 5.82 Å². The lowest BCUT2D eigenvalue weighted by Crippen LogP contribution is -2.42. The Morgan fingerprint density at radius 3 is 2.56 bits per heavy atom. The molecule has 0 unspecified atom stereocenters. The van der Waals surface area contributed by atoms with Crippen LogP contribution in [0.1, 0.15) is 29.8 Å². The summed E-state index contributed by atoms with van der Waals surface area (Å²) < 4.78 is 58.2. The van der Waals surface area contributed by atoms with Crippen LogP contribution in [0.5, 0.6) is 5.88 Å². The number of amides is 1. The highest BCUT2D eigenvalue weighted by Crippen LogP contribution is 2.33. The molecule has 0 saturated heterocycles. The fourth-order valence-corrected chi connectivity index (χ4v) is 3.23. The van der Waals surface area contributed by atoms with Crippen molar-refractivity contribution >= 4 is 17.5 Å². The predicted octanol–water partition coefficient (Wildman–Crippen LogP) is 4.40. The van der Waals surface area contributed by atoms with Crippen LogP contribution in [0.25, 0.3) is 5.69 Å². The summed E-state index contributed by atoms with van der Waals surface area (Å²) in [6, 6.07) is 4.21. The number of hydrogen-bond acceptors (Lipinski definition) is 5. The van der Waals surface area contributed by atoms with E-state index in [0.717, 1.165) is 4.80 Å². The average molecular weight is 472 g/mol. The minimum atomic E-state index is -4.58. The van der Waals surface area contributed by atoms with E-state index in [-0.39, 0.29) is 35.3 Å². The largest absolute Gasteiger partial charge is 0.474 e. The lowest BCUT2D eigenvalue weighted by molar-refractivity contribution is -0.137. The first-order chi connectivity index (χ1) is 15.1. The first-order valence-electron chi connectivity index (χ1n) is 9.45. The van der Waals surface area contributed by atoms with E-state index in [2.05, 4.69) is 15.2 Å². The van der Waals surface area contributed by atoms with Gasteiger partial charge in [0.15, 0.2) is 5.82 Å². The fraction of sp³-hybridized carbons (Fsp3) is 0.300. The summed E-state index contributed by atoms with van der Waals surface area (Å²) >= 11 is 5.86. The minimum absolute atomic E-state index is 0.0422. The van der Waals surface area contributed by atoms with Gasteiger partial charge in [-0.15, -0.1) is 4.80 Å². The SMILES string of the molecule is CCN(C(=O)c1cccc(F)c1-n1nccn1)[C@@H](C)COc1ncc(C(F)(F)F)cc1Cl. The van der Waals surface area contributed by atoms with E-state index in [0.29, 0.717) is 12.3 Å². The van der Waals surface area contributed by atoms with E-state index < -0.39 is 29.5 Å². The van der Waals surface area contributed by atoms with Crippen LogP contribution >= 0.6 is 11.6 Å². The van der Waals surface area contributed by atoms with Crippen LogP contribution in [0.15, 0.2) is 42.9 Å². The number of carbonyl (C=O) groups excluding carboxylic acids is 1. The molecule has 7 nitrogen and oxygen atoms in total. The zero-order chi connectivity index (χ0) is 23.5. The van der Waals surface area contributed by atoms with Crippen molar-refractivity contribution in [2.75, 3.05) is 13.2 Å². The Balaban J connectivity index is 1.78. The van der Waals surface area contributed by atoms with Gasteiger partial charge in [-0.05, 0) is 32.0 Å². The van der Waals surface area contributed by atoms with E-state index in [4.69, 9.17) is 16.3 Å². The molecule has 0 N–H and O–H groups in total. The topological polar surface area (TPSA) is 73.1 Å². The molecule has 0 radical (unpaired) electrons. The number of pyridine rings is 1. The van der Waals surface area contributed by atoms with Gasteiger partial charge in [0.25, 0.3) is 5.91 Å². The molecule has 0 fully saturated rings. The first kappa shape index (κ1) is 23.5. The molecule has 2 heterocycles. The number of nitrogens with zero attached hydrogens (tertiary/aromatic N) is 5. The molecule has 170 valence electrons. The highest BCUT2D eigenvalue weighted by molar-refractivity contribution is 6.31. The van der Waals surface area contributed by atoms with E-state index in [1.807, 2.05) is 0 Å². The second kappa shape index (κ2) is 9.51. The average Bonchev–Trinajstić information content (AvgIpc) is 3.26. The number of rotatable bonds is 7. The van der Waals surface area contributed by atoms with Crippen LogP contribution in [0.3, 0.4) is 0 Å². The number of hydrogen-bond donors (Lipinski definition) is 0. The second-order valence-corrected chi connectivity index (χ2v) is 7.12. The highest BCUT2D eigenvalue weighted by atomic mass is 35.5. The number of para-hydroxylation sites is 1. The molecule has 12 heteroatoms.